The number of halogens is 5. The van der Waals surface area contributed by atoms with Crippen molar-refractivity contribution in [1.82, 2.24) is 0 Å². The van der Waals surface area contributed by atoms with E-state index in [4.69, 9.17) is 16.6 Å². The van der Waals surface area contributed by atoms with E-state index in [9.17, 15) is 26.7 Å². The molecule has 0 aliphatic heterocycles. The molecule has 0 aliphatic carbocycles. The number of hydrogen-bond donors (Lipinski definition) is 5. The van der Waals surface area contributed by atoms with Crippen LogP contribution >= 0.6 is 0 Å². The molecule has 0 bridgehead atoms. The average molecular weight is 491 g/mol. The number of para-hydroxylation sites is 1. The van der Waals surface area contributed by atoms with E-state index < -0.39 is 40.9 Å². The third kappa shape index (κ3) is 5.37. The minimum absolute atomic E-state index is 0.00311. The number of nitrogens with one attached hydrogen (secondary N) is 4. The van der Waals surface area contributed by atoms with Crippen LogP contribution in [0.3, 0.4) is 0 Å². The molecule has 6 N–H and O–H groups in total. The van der Waals surface area contributed by atoms with E-state index in [1.807, 2.05) is 0 Å². The van der Waals surface area contributed by atoms with Gasteiger partial charge in [-0.05, 0) is 36.4 Å². The first kappa shape index (κ1) is 25.1. The lowest BCUT2D eigenvalue weighted by Gasteiger charge is -2.16. The number of alkyl halides is 3. The van der Waals surface area contributed by atoms with Crippen LogP contribution in [-0.4, -0.2) is 31.2 Å². The molecule has 0 radical (unpaired) electrons. The predicted octanol–water partition coefficient (Wildman–Crippen LogP) is 5.15. The van der Waals surface area contributed by atoms with Crippen molar-refractivity contribution in [2.24, 2.45) is 0 Å². The molecule has 0 aliphatic rings. The Morgan fingerprint density at radius 1 is 1.09 bits per heavy atom. The first-order valence-electron chi connectivity index (χ1n) is 9.82. The number of nitrogen functional groups attached to an aromatic ring is 1. The second-order valence-corrected chi connectivity index (χ2v) is 7.08. The van der Waals surface area contributed by atoms with Gasteiger partial charge in [0.15, 0.2) is 0 Å². The summed E-state index contributed by atoms with van der Waals surface area (Å²) in [6.45, 7) is 0. The molecule has 0 saturated heterocycles. The Kier molecular flexibility index (Phi) is 7.04. The van der Waals surface area contributed by atoms with E-state index in [0.717, 1.165) is 12.1 Å². The van der Waals surface area contributed by atoms with Crippen LogP contribution in [-0.2, 0) is 0 Å². The van der Waals surface area contributed by atoms with Crippen molar-refractivity contribution in [2.75, 3.05) is 23.4 Å². The van der Waals surface area contributed by atoms with Crippen LogP contribution in [0.5, 0.6) is 5.75 Å². The van der Waals surface area contributed by atoms with Crippen molar-refractivity contribution in [2.45, 2.75) is 6.36 Å². The summed E-state index contributed by atoms with van der Waals surface area (Å²) in [5, 5.41) is 20.5. The average Bonchev–Trinajstić information content (AvgIpc) is 2.78. The molecule has 1 amide bonds. The van der Waals surface area contributed by atoms with Gasteiger partial charge in [-0.2, -0.15) is 0 Å². The number of carbonyl (C=O) groups is 1. The molecular formula is C23H18F5N5O2. The summed E-state index contributed by atoms with van der Waals surface area (Å²) in [7, 11) is 1.39. The van der Waals surface area contributed by atoms with Crippen LogP contribution in [0.15, 0.2) is 48.5 Å². The number of carbonyl (C=O) groups excluding carboxylic acids is 1. The van der Waals surface area contributed by atoms with Gasteiger partial charge >= 0.3 is 6.36 Å². The topological polar surface area (TPSA) is 124 Å². The second kappa shape index (κ2) is 9.79. The molecule has 0 spiro atoms. The Morgan fingerprint density at radius 3 is 2.40 bits per heavy atom. The quantitative estimate of drug-likeness (QED) is 0.178. The number of nitrogens with two attached hydrogens (primary N) is 1. The minimum atomic E-state index is -5.00. The van der Waals surface area contributed by atoms with Crippen molar-refractivity contribution in [3.8, 4) is 5.75 Å². The highest BCUT2D eigenvalue weighted by Gasteiger charge is 2.32. The lowest BCUT2D eigenvalue weighted by molar-refractivity contribution is -0.274. The maximum absolute atomic E-state index is 14.8. The Bertz CT molecular complexity index is 1320. The lowest BCUT2D eigenvalue weighted by Crippen LogP contribution is -2.20. The molecule has 0 unspecified atom stereocenters. The molecule has 182 valence electrons. The normalized spacial score (nSPS) is 11.0. The Balaban J connectivity index is 1.97. The molecule has 0 aromatic heterocycles. The first-order chi connectivity index (χ1) is 16.5. The largest absolute Gasteiger partial charge is 0.573 e. The van der Waals surface area contributed by atoms with Gasteiger partial charge in [-0.15, -0.1) is 13.2 Å². The van der Waals surface area contributed by atoms with E-state index in [1.54, 1.807) is 0 Å². The highest BCUT2D eigenvalue weighted by atomic mass is 19.4. The first-order valence-corrected chi connectivity index (χ1v) is 9.82. The number of benzene rings is 3. The molecule has 0 saturated carbocycles. The molecule has 0 atom stereocenters. The zero-order chi connectivity index (χ0) is 25.9. The predicted molar refractivity (Wildman–Crippen MR) is 122 cm³/mol. The smallest absolute Gasteiger partial charge is 0.405 e. The number of amides is 1. The highest BCUT2D eigenvalue weighted by molar-refractivity contribution is 6.16. The summed E-state index contributed by atoms with van der Waals surface area (Å²) in [6.07, 6.45) is -4.37. The maximum atomic E-state index is 14.8. The van der Waals surface area contributed by atoms with Gasteiger partial charge in [0.25, 0.3) is 5.91 Å². The monoisotopic (exact) mass is 491 g/mol. The summed E-state index contributed by atoms with van der Waals surface area (Å²) in [5.74, 6) is -4.26. The van der Waals surface area contributed by atoms with Crippen LogP contribution in [0.2, 0.25) is 0 Å². The number of hydrogen-bond acceptors (Lipinski definition) is 6. The Labute approximate surface area is 195 Å². The molecule has 3 rings (SSSR count). The van der Waals surface area contributed by atoms with E-state index in [-0.39, 0.29) is 33.8 Å². The zero-order valence-electron chi connectivity index (χ0n) is 18.0. The molecule has 0 heterocycles. The number of anilines is 3. The Morgan fingerprint density at radius 2 is 1.77 bits per heavy atom. The lowest BCUT2D eigenvalue weighted by atomic mass is 9.99. The van der Waals surface area contributed by atoms with E-state index in [2.05, 4.69) is 15.4 Å². The molecular weight excluding hydrogens is 473 g/mol. The van der Waals surface area contributed by atoms with E-state index in [0.29, 0.717) is 6.21 Å². The highest BCUT2D eigenvalue weighted by Crippen LogP contribution is 2.30. The van der Waals surface area contributed by atoms with Crippen molar-refractivity contribution >= 4 is 34.9 Å². The zero-order valence-corrected chi connectivity index (χ0v) is 18.0. The van der Waals surface area contributed by atoms with Crippen LogP contribution in [0, 0.1) is 22.5 Å². The third-order valence-electron chi connectivity index (χ3n) is 4.86. The van der Waals surface area contributed by atoms with Crippen molar-refractivity contribution < 1.29 is 31.5 Å². The number of rotatable bonds is 7. The standard InChI is InChI=1S/C23H18F5N5O2/c1-32-17-9-15(24)19(20(25)14(17)10-29)22(34)33-11-6-7-16(30)13(8-11)21(31)12-4-2-3-5-18(12)35-23(26,27)28/h2-10,29,31-32H,30H2,1H3,(H,33,34). The molecule has 3 aromatic rings. The summed E-state index contributed by atoms with van der Waals surface area (Å²) in [6, 6.07) is 9.54. The Hall–Kier alpha value is -4.48. The van der Waals surface area contributed by atoms with Crippen molar-refractivity contribution in [3.63, 3.8) is 0 Å². The van der Waals surface area contributed by atoms with Crippen LogP contribution in [0.1, 0.15) is 27.0 Å². The van der Waals surface area contributed by atoms with Gasteiger partial charge in [-0.1, -0.05) is 12.1 Å². The van der Waals surface area contributed by atoms with Gasteiger partial charge in [0.05, 0.1) is 11.3 Å². The maximum Gasteiger partial charge on any atom is 0.573 e. The summed E-state index contributed by atoms with van der Waals surface area (Å²) >= 11 is 0. The summed E-state index contributed by atoms with van der Waals surface area (Å²) < 4.78 is 71.5. The van der Waals surface area contributed by atoms with Gasteiger partial charge in [-0.25, -0.2) is 8.78 Å². The molecule has 3 aromatic carbocycles. The molecule has 12 heteroatoms. The molecule has 35 heavy (non-hydrogen) atoms. The minimum Gasteiger partial charge on any atom is -0.405 e. The number of ether oxygens (including phenoxy) is 1. The van der Waals surface area contributed by atoms with E-state index in [1.165, 1.54) is 43.4 Å². The summed E-state index contributed by atoms with van der Waals surface area (Å²) in [5.41, 5.74) is 3.81. The van der Waals surface area contributed by atoms with Gasteiger partial charge in [0.2, 0.25) is 0 Å². The van der Waals surface area contributed by atoms with Crippen molar-refractivity contribution in [1.29, 1.82) is 10.8 Å². The fourth-order valence-corrected chi connectivity index (χ4v) is 3.27. The van der Waals surface area contributed by atoms with Gasteiger partial charge in [0, 0.05) is 41.5 Å². The van der Waals surface area contributed by atoms with Crippen LogP contribution in [0.4, 0.5) is 39.0 Å². The van der Waals surface area contributed by atoms with Crippen molar-refractivity contribution in [3.05, 3.63) is 82.4 Å². The fourth-order valence-electron chi connectivity index (χ4n) is 3.27. The van der Waals surface area contributed by atoms with Gasteiger partial charge in [-0.3, -0.25) is 10.2 Å². The fraction of sp³-hybridized carbons (Fsp3) is 0.0870. The molecule has 7 nitrogen and oxygen atoms in total. The van der Waals surface area contributed by atoms with Gasteiger partial charge in [0.1, 0.15) is 22.9 Å². The third-order valence-corrected chi connectivity index (χ3v) is 4.86. The SMILES string of the molecule is CNc1cc(F)c(C(=O)Nc2ccc(N)c(C(=N)c3ccccc3OC(F)(F)F)c2)c(F)c1C=N. The van der Waals surface area contributed by atoms with Crippen LogP contribution in [0.25, 0.3) is 0 Å². The van der Waals surface area contributed by atoms with Gasteiger partial charge < -0.3 is 26.5 Å². The molecule has 0 fully saturated rings. The second-order valence-electron chi connectivity index (χ2n) is 7.08. The van der Waals surface area contributed by atoms with E-state index >= 15 is 0 Å². The summed E-state index contributed by atoms with van der Waals surface area (Å²) in [4.78, 5) is 12.7. The van der Waals surface area contributed by atoms with Crippen LogP contribution < -0.4 is 21.1 Å².